The van der Waals surface area contributed by atoms with Crippen LogP contribution in [0.5, 0.6) is 0 Å². The first kappa shape index (κ1) is 27.1. The standard InChI is InChI=1S/C23H21F5N4O3S2/c1-12-7-19(32(13(12)2)37(34,35)16-5-3-15(24)4-6-16)21(33)30-9-14-8-18(29-10-17(14)25)20-11-31-22(36-20)23(26,27)28/h3-6,8,10-13,19H,7,9H2,1-2H3,(H,30,33)/t12-,13+,19+/m1/s1. The second kappa shape index (κ2) is 10.1. The average Bonchev–Trinajstić information content (AvgIpc) is 3.44. The molecule has 198 valence electrons. The lowest BCUT2D eigenvalue weighted by atomic mass is 10.0. The van der Waals surface area contributed by atoms with Crippen LogP contribution in [0.15, 0.2) is 47.6 Å². The molecule has 0 bridgehead atoms. The van der Waals surface area contributed by atoms with Crippen molar-refractivity contribution in [2.75, 3.05) is 0 Å². The molecule has 1 aliphatic heterocycles. The molecule has 1 aliphatic rings. The molecule has 14 heteroatoms. The molecule has 1 aromatic carbocycles. The average molecular weight is 561 g/mol. The van der Waals surface area contributed by atoms with E-state index < -0.39 is 50.8 Å². The van der Waals surface area contributed by atoms with Crippen molar-refractivity contribution < 1.29 is 35.2 Å². The van der Waals surface area contributed by atoms with Gasteiger partial charge in [0.2, 0.25) is 15.9 Å². The number of pyridine rings is 1. The van der Waals surface area contributed by atoms with Gasteiger partial charge in [0.05, 0.1) is 21.7 Å². The van der Waals surface area contributed by atoms with Crippen molar-refractivity contribution in [3.8, 4) is 10.6 Å². The summed E-state index contributed by atoms with van der Waals surface area (Å²) in [6, 6.07) is 3.83. The van der Waals surface area contributed by atoms with Gasteiger partial charge in [-0.3, -0.25) is 9.78 Å². The maximum Gasteiger partial charge on any atom is 0.443 e. The summed E-state index contributed by atoms with van der Waals surface area (Å²) in [7, 11) is -4.15. The fourth-order valence-corrected chi connectivity index (χ4v) is 6.74. The molecule has 4 rings (SSSR count). The molecule has 1 N–H and O–H groups in total. The van der Waals surface area contributed by atoms with Crippen LogP contribution >= 0.6 is 11.3 Å². The molecular weight excluding hydrogens is 539 g/mol. The van der Waals surface area contributed by atoms with Gasteiger partial charge in [-0.1, -0.05) is 6.92 Å². The van der Waals surface area contributed by atoms with Crippen molar-refractivity contribution in [1.82, 2.24) is 19.6 Å². The third-order valence-corrected chi connectivity index (χ3v) is 9.28. The monoisotopic (exact) mass is 560 g/mol. The fourth-order valence-electron chi connectivity index (χ4n) is 4.10. The number of aromatic nitrogens is 2. The van der Waals surface area contributed by atoms with Crippen LogP contribution < -0.4 is 5.32 Å². The Bertz CT molecular complexity index is 1410. The molecule has 1 amide bonds. The van der Waals surface area contributed by atoms with Crippen LogP contribution in [0.2, 0.25) is 0 Å². The van der Waals surface area contributed by atoms with Crippen molar-refractivity contribution in [1.29, 1.82) is 0 Å². The maximum atomic E-state index is 14.4. The minimum absolute atomic E-state index is 0.0438. The number of thiazole rings is 1. The van der Waals surface area contributed by atoms with E-state index in [0.717, 1.165) is 41.0 Å². The molecule has 2 aromatic heterocycles. The molecule has 0 unspecified atom stereocenters. The first-order chi connectivity index (χ1) is 17.3. The molecule has 1 saturated heterocycles. The van der Waals surface area contributed by atoms with Gasteiger partial charge in [-0.2, -0.15) is 17.5 Å². The summed E-state index contributed by atoms with van der Waals surface area (Å²) in [5.74, 6) is -2.25. The van der Waals surface area contributed by atoms with Gasteiger partial charge >= 0.3 is 6.18 Å². The Morgan fingerprint density at radius 3 is 2.43 bits per heavy atom. The van der Waals surface area contributed by atoms with Crippen molar-refractivity contribution in [2.24, 2.45) is 5.92 Å². The zero-order valence-electron chi connectivity index (χ0n) is 19.5. The number of alkyl halides is 3. The Balaban J connectivity index is 1.54. The summed E-state index contributed by atoms with van der Waals surface area (Å²) in [6.45, 7) is 3.11. The third-order valence-electron chi connectivity index (χ3n) is 6.21. The van der Waals surface area contributed by atoms with E-state index in [2.05, 4.69) is 15.3 Å². The summed E-state index contributed by atoms with van der Waals surface area (Å²) >= 11 is 0.349. The van der Waals surface area contributed by atoms with Gasteiger partial charge in [0.1, 0.15) is 17.7 Å². The maximum absolute atomic E-state index is 14.4. The number of halogens is 5. The number of nitrogens with zero attached hydrogens (tertiary/aromatic N) is 3. The van der Waals surface area contributed by atoms with Crippen LogP contribution in [0.25, 0.3) is 10.6 Å². The highest BCUT2D eigenvalue weighted by Gasteiger charge is 2.47. The molecule has 0 saturated carbocycles. The second-order valence-corrected chi connectivity index (χ2v) is 11.5. The van der Waals surface area contributed by atoms with Gasteiger partial charge in [-0.15, -0.1) is 11.3 Å². The van der Waals surface area contributed by atoms with Gasteiger partial charge < -0.3 is 5.32 Å². The quantitative estimate of drug-likeness (QED) is 0.445. The molecule has 37 heavy (non-hydrogen) atoms. The van der Waals surface area contributed by atoms with Crippen LogP contribution in [-0.2, 0) is 27.5 Å². The number of carbonyl (C=O) groups is 1. The van der Waals surface area contributed by atoms with E-state index >= 15 is 0 Å². The van der Waals surface area contributed by atoms with E-state index in [0.29, 0.717) is 11.3 Å². The number of rotatable bonds is 6. The van der Waals surface area contributed by atoms with E-state index in [4.69, 9.17) is 0 Å². The molecule has 3 aromatic rings. The number of sulfonamides is 1. The molecule has 7 nitrogen and oxygen atoms in total. The predicted molar refractivity (Wildman–Crippen MR) is 125 cm³/mol. The van der Waals surface area contributed by atoms with Gasteiger partial charge in [-0.25, -0.2) is 22.2 Å². The van der Waals surface area contributed by atoms with Gasteiger partial charge in [0.15, 0.2) is 5.01 Å². The number of hydrogen-bond donors (Lipinski definition) is 1. The lowest BCUT2D eigenvalue weighted by molar-refractivity contribution is -0.137. The summed E-state index contributed by atoms with van der Waals surface area (Å²) in [5.41, 5.74) is -0.00498. The Hall–Kier alpha value is -2.97. The van der Waals surface area contributed by atoms with Crippen LogP contribution in [0, 0.1) is 17.6 Å². The summed E-state index contributed by atoms with van der Waals surface area (Å²) in [4.78, 5) is 20.1. The first-order valence-electron chi connectivity index (χ1n) is 11.0. The van der Waals surface area contributed by atoms with Crippen molar-refractivity contribution in [2.45, 2.75) is 50.0 Å². The molecule has 3 heterocycles. The SMILES string of the molecule is C[C@@H]1C[C@@H](C(=O)NCc2cc(-c3cnc(C(F)(F)F)s3)ncc2F)N(S(=O)(=O)c2ccc(F)cc2)[C@H]1C. The fraction of sp³-hybridized carbons (Fsp3) is 0.348. The Morgan fingerprint density at radius 2 is 1.81 bits per heavy atom. The van der Waals surface area contributed by atoms with Crippen molar-refractivity contribution in [3.05, 3.63) is 64.9 Å². The van der Waals surface area contributed by atoms with Crippen molar-refractivity contribution >= 4 is 27.3 Å². The van der Waals surface area contributed by atoms with E-state index in [1.807, 2.05) is 0 Å². The number of carbonyl (C=O) groups excluding carboxylic acids is 1. The number of nitrogens with one attached hydrogen (secondary N) is 1. The molecule has 0 radical (unpaired) electrons. The number of benzene rings is 1. The van der Waals surface area contributed by atoms with Crippen LogP contribution in [0.3, 0.4) is 0 Å². The Kier molecular flexibility index (Phi) is 7.36. The van der Waals surface area contributed by atoms with E-state index in [-0.39, 0.29) is 39.9 Å². The van der Waals surface area contributed by atoms with E-state index in [9.17, 15) is 35.2 Å². The molecule has 0 aliphatic carbocycles. The minimum Gasteiger partial charge on any atom is -0.351 e. The smallest absolute Gasteiger partial charge is 0.351 e. The van der Waals surface area contributed by atoms with Gasteiger partial charge in [-0.05, 0) is 49.6 Å². The van der Waals surface area contributed by atoms with E-state index in [1.54, 1.807) is 13.8 Å². The Labute approximate surface area is 213 Å². The number of amides is 1. The topological polar surface area (TPSA) is 92.3 Å². The summed E-state index contributed by atoms with van der Waals surface area (Å²) in [6.07, 6.45) is -2.61. The zero-order chi connectivity index (χ0) is 27.1. The molecular formula is C23H21F5N4O3S2. The summed E-state index contributed by atoms with van der Waals surface area (Å²) in [5, 5.41) is 1.45. The lowest BCUT2D eigenvalue weighted by Gasteiger charge is -2.27. The van der Waals surface area contributed by atoms with Crippen molar-refractivity contribution in [3.63, 3.8) is 0 Å². The minimum atomic E-state index is -4.63. The van der Waals surface area contributed by atoms with Crippen LogP contribution in [0.4, 0.5) is 22.0 Å². The zero-order valence-corrected chi connectivity index (χ0v) is 21.1. The Morgan fingerprint density at radius 1 is 1.14 bits per heavy atom. The molecule has 3 atom stereocenters. The highest BCUT2D eigenvalue weighted by Crippen LogP contribution is 2.37. The van der Waals surface area contributed by atoms with Gasteiger partial charge in [0.25, 0.3) is 0 Å². The highest BCUT2D eigenvalue weighted by molar-refractivity contribution is 7.89. The lowest BCUT2D eigenvalue weighted by Crippen LogP contribution is -2.48. The highest BCUT2D eigenvalue weighted by atomic mass is 32.2. The first-order valence-corrected chi connectivity index (χ1v) is 13.3. The van der Waals surface area contributed by atoms with Crippen LogP contribution in [-0.4, -0.2) is 40.7 Å². The largest absolute Gasteiger partial charge is 0.443 e. The second-order valence-electron chi connectivity index (χ2n) is 8.66. The molecule has 1 fully saturated rings. The molecule has 0 spiro atoms. The van der Waals surface area contributed by atoms with Gasteiger partial charge in [0, 0.05) is 24.3 Å². The predicted octanol–water partition coefficient (Wildman–Crippen LogP) is 4.61. The van der Waals surface area contributed by atoms with E-state index in [1.165, 1.54) is 6.07 Å². The number of hydrogen-bond acceptors (Lipinski definition) is 6. The third kappa shape index (κ3) is 5.50. The van der Waals surface area contributed by atoms with Crippen LogP contribution in [0.1, 0.15) is 30.8 Å². The normalized spacial score (nSPS) is 20.8. The summed E-state index contributed by atoms with van der Waals surface area (Å²) < 4.78 is 94.0.